The number of nitrogens with two attached hydrogens (primary N) is 1. The van der Waals surface area contributed by atoms with Gasteiger partial charge < -0.3 is 15.2 Å². The molecular formula is C12H22N2O3. The minimum Gasteiger partial charge on any atom is -0.468 e. The van der Waals surface area contributed by atoms with E-state index in [1.807, 2.05) is 7.05 Å². The number of rotatable bonds is 5. The van der Waals surface area contributed by atoms with E-state index < -0.39 is 5.54 Å². The number of methoxy groups -OCH3 is 1. The molecule has 2 aliphatic rings. The minimum atomic E-state index is -0.841. The second kappa shape index (κ2) is 4.92. The van der Waals surface area contributed by atoms with Crippen molar-refractivity contribution in [3.63, 3.8) is 0 Å². The van der Waals surface area contributed by atoms with Gasteiger partial charge in [0.1, 0.15) is 5.54 Å². The van der Waals surface area contributed by atoms with Crippen molar-refractivity contribution in [3.8, 4) is 0 Å². The molecule has 5 nitrogen and oxygen atoms in total. The SMILES string of the molecule is COC(=O)C(N)(CN(C)C1CCOC1)C1CC1. The molecule has 1 heterocycles. The van der Waals surface area contributed by atoms with Crippen LogP contribution >= 0.6 is 0 Å². The summed E-state index contributed by atoms with van der Waals surface area (Å²) in [4.78, 5) is 14.0. The first kappa shape index (κ1) is 12.8. The third kappa shape index (κ3) is 2.61. The third-order valence-corrected chi connectivity index (χ3v) is 3.91. The smallest absolute Gasteiger partial charge is 0.327 e. The van der Waals surface area contributed by atoms with Gasteiger partial charge in [0.2, 0.25) is 0 Å². The zero-order valence-electron chi connectivity index (χ0n) is 10.6. The Hall–Kier alpha value is -0.650. The molecular weight excluding hydrogens is 220 g/mol. The molecule has 2 rings (SSSR count). The average molecular weight is 242 g/mol. The molecule has 0 aromatic rings. The third-order valence-electron chi connectivity index (χ3n) is 3.91. The summed E-state index contributed by atoms with van der Waals surface area (Å²) in [5.41, 5.74) is 5.43. The number of carbonyl (C=O) groups is 1. The minimum absolute atomic E-state index is 0.278. The molecule has 2 N–H and O–H groups in total. The van der Waals surface area contributed by atoms with Crippen LogP contribution in [-0.4, -0.2) is 56.4 Å². The molecule has 0 amide bonds. The van der Waals surface area contributed by atoms with Crippen molar-refractivity contribution >= 4 is 5.97 Å². The van der Waals surface area contributed by atoms with Gasteiger partial charge >= 0.3 is 5.97 Å². The van der Waals surface area contributed by atoms with Crippen LogP contribution in [0.1, 0.15) is 19.3 Å². The fourth-order valence-corrected chi connectivity index (χ4v) is 2.56. The van der Waals surface area contributed by atoms with E-state index in [0.717, 1.165) is 32.5 Å². The summed E-state index contributed by atoms with van der Waals surface area (Å²) in [7, 11) is 3.41. The van der Waals surface area contributed by atoms with Gasteiger partial charge in [-0.2, -0.15) is 0 Å². The molecule has 98 valence electrons. The van der Waals surface area contributed by atoms with E-state index >= 15 is 0 Å². The number of ether oxygens (including phenoxy) is 2. The van der Waals surface area contributed by atoms with Crippen molar-refractivity contribution in [1.29, 1.82) is 0 Å². The summed E-state index contributed by atoms with van der Waals surface area (Å²) in [6.07, 6.45) is 3.07. The summed E-state index contributed by atoms with van der Waals surface area (Å²) < 4.78 is 10.2. The Balaban J connectivity index is 1.99. The zero-order chi connectivity index (χ0) is 12.5. The highest BCUT2D eigenvalue weighted by molar-refractivity contribution is 5.81. The van der Waals surface area contributed by atoms with E-state index in [1.54, 1.807) is 0 Å². The first-order valence-corrected chi connectivity index (χ1v) is 6.23. The van der Waals surface area contributed by atoms with Crippen LogP contribution in [-0.2, 0) is 14.3 Å². The van der Waals surface area contributed by atoms with Gasteiger partial charge in [-0.1, -0.05) is 0 Å². The summed E-state index contributed by atoms with van der Waals surface area (Å²) >= 11 is 0. The van der Waals surface area contributed by atoms with Crippen molar-refractivity contribution in [2.24, 2.45) is 11.7 Å². The molecule has 1 saturated heterocycles. The number of hydrogen-bond acceptors (Lipinski definition) is 5. The summed E-state index contributed by atoms with van der Waals surface area (Å²) in [5, 5.41) is 0. The van der Waals surface area contributed by atoms with Crippen LogP contribution in [0.25, 0.3) is 0 Å². The van der Waals surface area contributed by atoms with Crippen molar-refractivity contribution < 1.29 is 14.3 Å². The monoisotopic (exact) mass is 242 g/mol. The topological polar surface area (TPSA) is 64.8 Å². The van der Waals surface area contributed by atoms with Gasteiger partial charge in [-0.15, -0.1) is 0 Å². The predicted octanol–water partition coefficient (Wildman–Crippen LogP) is -0.0124. The average Bonchev–Trinajstić information content (AvgIpc) is 3.04. The Labute approximate surface area is 102 Å². The van der Waals surface area contributed by atoms with Crippen molar-refractivity contribution in [2.75, 3.05) is 33.9 Å². The fourth-order valence-electron chi connectivity index (χ4n) is 2.56. The summed E-state index contributed by atoms with van der Waals surface area (Å²) in [6, 6.07) is 0.376. The molecule has 5 heteroatoms. The second-order valence-corrected chi connectivity index (χ2v) is 5.24. The first-order valence-electron chi connectivity index (χ1n) is 6.23. The molecule has 17 heavy (non-hydrogen) atoms. The van der Waals surface area contributed by atoms with Crippen molar-refractivity contribution in [2.45, 2.75) is 30.8 Å². The van der Waals surface area contributed by atoms with Gasteiger partial charge in [0.25, 0.3) is 0 Å². The van der Waals surface area contributed by atoms with Crippen LogP contribution in [0, 0.1) is 5.92 Å². The zero-order valence-corrected chi connectivity index (χ0v) is 10.6. The normalized spacial score (nSPS) is 28.1. The maximum Gasteiger partial charge on any atom is 0.327 e. The van der Waals surface area contributed by atoms with E-state index in [0.29, 0.717) is 12.6 Å². The molecule has 1 aliphatic carbocycles. The van der Waals surface area contributed by atoms with Gasteiger partial charge in [0.05, 0.1) is 13.7 Å². The Morgan fingerprint density at radius 3 is 2.71 bits per heavy atom. The van der Waals surface area contributed by atoms with Crippen LogP contribution in [0.15, 0.2) is 0 Å². The van der Waals surface area contributed by atoms with Crippen molar-refractivity contribution in [3.05, 3.63) is 0 Å². The summed E-state index contributed by atoms with van der Waals surface area (Å²) in [6.45, 7) is 2.09. The lowest BCUT2D eigenvalue weighted by atomic mass is 9.93. The quantitative estimate of drug-likeness (QED) is 0.687. The maximum atomic E-state index is 11.9. The maximum absolute atomic E-state index is 11.9. The molecule has 0 aromatic carbocycles. The van der Waals surface area contributed by atoms with E-state index in [2.05, 4.69) is 4.90 Å². The van der Waals surface area contributed by atoms with E-state index in [9.17, 15) is 4.79 Å². The lowest BCUT2D eigenvalue weighted by Crippen LogP contribution is -2.59. The van der Waals surface area contributed by atoms with Crippen LogP contribution < -0.4 is 5.73 Å². The molecule has 0 spiro atoms. The lowest BCUT2D eigenvalue weighted by Gasteiger charge is -2.33. The van der Waals surface area contributed by atoms with E-state index in [1.165, 1.54) is 7.11 Å². The number of esters is 1. The Morgan fingerprint density at radius 1 is 1.53 bits per heavy atom. The van der Waals surface area contributed by atoms with Crippen LogP contribution in [0.5, 0.6) is 0 Å². The first-order chi connectivity index (χ1) is 8.08. The standard InChI is InChI=1S/C12H22N2O3/c1-14(10-5-6-17-7-10)8-12(13,9-3-4-9)11(15)16-2/h9-10H,3-8,13H2,1-2H3. The lowest BCUT2D eigenvalue weighted by molar-refractivity contribution is -0.149. The molecule has 2 unspecified atom stereocenters. The number of carbonyl (C=O) groups excluding carboxylic acids is 1. The second-order valence-electron chi connectivity index (χ2n) is 5.24. The van der Waals surface area contributed by atoms with Gasteiger partial charge in [0, 0.05) is 19.2 Å². The molecule has 0 bridgehead atoms. The van der Waals surface area contributed by atoms with Crippen LogP contribution in [0.3, 0.4) is 0 Å². The molecule has 2 atom stereocenters. The summed E-state index contributed by atoms with van der Waals surface area (Å²) in [5.74, 6) is -0.00881. The Kier molecular flexibility index (Phi) is 3.70. The van der Waals surface area contributed by atoms with E-state index in [4.69, 9.17) is 15.2 Å². The van der Waals surface area contributed by atoms with Gasteiger partial charge in [-0.3, -0.25) is 9.69 Å². The van der Waals surface area contributed by atoms with Crippen LogP contribution in [0.2, 0.25) is 0 Å². The highest BCUT2D eigenvalue weighted by Gasteiger charge is 2.50. The van der Waals surface area contributed by atoms with Crippen molar-refractivity contribution in [1.82, 2.24) is 4.90 Å². The van der Waals surface area contributed by atoms with Gasteiger partial charge in [-0.05, 0) is 32.2 Å². The highest BCUT2D eigenvalue weighted by atomic mass is 16.5. The van der Waals surface area contributed by atoms with Gasteiger partial charge in [-0.25, -0.2) is 0 Å². The molecule has 0 radical (unpaired) electrons. The molecule has 1 saturated carbocycles. The molecule has 1 aliphatic heterocycles. The number of nitrogens with zero attached hydrogens (tertiary/aromatic N) is 1. The van der Waals surface area contributed by atoms with Gasteiger partial charge in [0.15, 0.2) is 0 Å². The molecule has 0 aromatic heterocycles. The Bertz CT molecular complexity index is 287. The Morgan fingerprint density at radius 2 is 2.24 bits per heavy atom. The fraction of sp³-hybridized carbons (Fsp3) is 0.917. The highest BCUT2D eigenvalue weighted by Crippen LogP contribution is 2.39. The van der Waals surface area contributed by atoms with Crippen LogP contribution in [0.4, 0.5) is 0 Å². The predicted molar refractivity (Wildman–Crippen MR) is 63.5 cm³/mol. The largest absolute Gasteiger partial charge is 0.468 e. The van der Waals surface area contributed by atoms with E-state index in [-0.39, 0.29) is 11.9 Å². The molecule has 2 fully saturated rings. The number of hydrogen-bond donors (Lipinski definition) is 1. The number of likely N-dealkylation sites (N-methyl/N-ethyl adjacent to an activating group) is 1.